The zero-order chi connectivity index (χ0) is 16.3. The average molecular weight is 298 g/mol. The van der Waals surface area contributed by atoms with Gasteiger partial charge in [0.15, 0.2) is 0 Å². The molecule has 2 nitrogen and oxygen atoms in total. The second kappa shape index (κ2) is 6.97. The first-order valence-electron chi connectivity index (χ1n) is 7.94. The fourth-order valence-corrected chi connectivity index (χ4v) is 3.02. The van der Waals surface area contributed by atoms with Crippen molar-refractivity contribution in [3.63, 3.8) is 0 Å². The molecule has 22 heavy (non-hydrogen) atoms. The lowest BCUT2D eigenvalue weighted by Gasteiger charge is -2.15. The number of benzene rings is 2. The molecule has 118 valence electrons. The van der Waals surface area contributed by atoms with Gasteiger partial charge in [0.2, 0.25) is 0 Å². The molecular weight excluding hydrogens is 272 g/mol. The Morgan fingerprint density at radius 3 is 2.14 bits per heavy atom. The summed E-state index contributed by atoms with van der Waals surface area (Å²) in [6, 6.07) is 10.3. The third-order valence-corrected chi connectivity index (χ3v) is 4.25. The maximum atomic E-state index is 9.95. The van der Waals surface area contributed by atoms with E-state index in [9.17, 15) is 5.11 Å². The molecule has 0 aromatic heterocycles. The minimum Gasteiger partial charge on any atom is -0.508 e. The van der Waals surface area contributed by atoms with Gasteiger partial charge in [0, 0.05) is 6.61 Å². The van der Waals surface area contributed by atoms with E-state index in [1.54, 1.807) is 6.07 Å². The molecule has 2 heteroatoms. The minimum absolute atomic E-state index is 0.188. The van der Waals surface area contributed by atoms with Crippen molar-refractivity contribution >= 4 is 0 Å². The van der Waals surface area contributed by atoms with E-state index < -0.39 is 0 Å². The number of hydrogen-bond donors (Lipinski definition) is 2. The van der Waals surface area contributed by atoms with Gasteiger partial charge in [-0.2, -0.15) is 0 Å². The van der Waals surface area contributed by atoms with Crippen molar-refractivity contribution in [3.8, 4) is 5.75 Å². The Bertz CT molecular complexity index is 634. The summed E-state index contributed by atoms with van der Waals surface area (Å²) in [7, 11) is 0. The number of rotatable bonds is 5. The van der Waals surface area contributed by atoms with Gasteiger partial charge in [-0.3, -0.25) is 0 Å². The van der Waals surface area contributed by atoms with Gasteiger partial charge in [-0.15, -0.1) is 0 Å². The first-order valence-corrected chi connectivity index (χ1v) is 7.94. The first-order chi connectivity index (χ1) is 10.4. The van der Waals surface area contributed by atoms with E-state index in [1.807, 2.05) is 6.07 Å². The van der Waals surface area contributed by atoms with Crippen LogP contribution in [0.1, 0.15) is 53.1 Å². The Morgan fingerprint density at radius 2 is 1.59 bits per heavy atom. The lowest BCUT2D eigenvalue weighted by atomic mass is 9.91. The molecule has 0 unspecified atom stereocenters. The Balaban J connectivity index is 2.33. The number of phenolic OH excluding ortho intramolecular Hbond substituents is 1. The predicted molar refractivity (Wildman–Crippen MR) is 91.7 cm³/mol. The first kappa shape index (κ1) is 16.6. The summed E-state index contributed by atoms with van der Waals surface area (Å²) >= 11 is 0. The van der Waals surface area contributed by atoms with E-state index in [0.29, 0.717) is 18.1 Å². The van der Waals surface area contributed by atoms with Crippen molar-refractivity contribution in [1.82, 2.24) is 0 Å². The molecule has 0 fully saturated rings. The van der Waals surface area contributed by atoms with Crippen LogP contribution in [0.5, 0.6) is 5.75 Å². The van der Waals surface area contributed by atoms with Gasteiger partial charge in [0.25, 0.3) is 0 Å². The van der Waals surface area contributed by atoms with Crippen molar-refractivity contribution in [1.29, 1.82) is 0 Å². The third-order valence-electron chi connectivity index (χ3n) is 4.25. The molecule has 0 aliphatic rings. The number of aryl methyl sites for hydroxylation is 2. The molecule has 0 saturated carbocycles. The number of aliphatic hydroxyl groups is 1. The molecule has 0 spiro atoms. The van der Waals surface area contributed by atoms with E-state index in [1.165, 1.54) is 27.8 Å². The van der Waals surface area contributed by atoms with E-state index in [0.717, 1.165) is 12.0 Å². The molecule has 0 saturated heterocycles. The van der Waals surface area contributed by atoms with Crippen LogP contribution < -0.4 is 0 Å². The van der Waals surface area contributed by atoms with E-state index >= 15 is 0 Å². The Kier molecular flexibility index (Phi) is 5.25. The van der Waals surface area contributed by atoms with Gasteiger partial charge >= 0.3 is 0 Å². The Labute approximate surface area is 133 Å². The van der Waals surface area contributed by atoms with Crippen molar-refractivity contribution < 1.29 is 10.2 Å². The highest BCUT2D eigenvalue weighted by Crippen LogP contribution is 2.28. The highest BCUT2D eigenvalue weighted by atomic mass is 16.3. The second-order valence-corrected chi connectivity index (χ2v) is 6.41. The van der Waals surface area contributed by atoms with Crippen LogP contribution in [0.3, 0.4) is 0 Å². The zero-order valence-electron chi connectivity index (χ0n) is 14.0. The van der Waals surface area contributed by atoms with Crippen LogP contribution in [0, 0.1) is 13.8 Å². The number of aliphatic hydroxyl groups excluding tert-OH is 1. The predicted octanol–water partition coefficient (Wildman–Crippen LogP) is 4.26. The summed E-state index contributed by atoms with van der Waals surface area (Å²) in [6.45, 7) is 8.64. The Hall–Kier alpha value is -1.80. The van der Waals surface area contributed by atoms with Gasteiger partial charge < -0.3 is 10.2 Å². The highest BCUT2D eigenvalue weighted by molar-refractivity contribution is 5.44. The van der Waals surface area contributed by atoms with Gasteiger partial charge in [0.1, 0.15) is 5.75 Å². The molecule has 0 radical (unpaired) electrons. The molecule has 2 aromatic carbocycles. The van der Waals surface area contributed by atoms with Crippen LogP contribution in [0.2, 0.25) is 0 Å². The smallest absolute Gasteiger partial charge is 0.119 e. The molecule has 2 rings (SSSR count). The quantitative estimate of drug-likeness (QED) is 0.866. The highest BCUT2D eigenvalue weighted by Gasteiger charge is 2.10. The third kappa shape index (κ3) is 3.69. The minimum atomic E-state index is 0.188. The summed E-state index contributed by atoms with van der Waals surface area (Å²) < 4.78 is 0. The summed E-state index contributed by atoms with van der Waals surface area (Å²) in [5, 5.41) is 19.0. The van der Waals surface area contributed by atoms with Crippen molar-refractivity contribution in [3.05, 3.63) is 63.7 Å². The molecule has 0 aliphatic carbocycles. The van der Waals surface area contributed by atoms with Crippen LogP contribution in [-0.4, -0.2) is 16.8 Å². The molecule has 0 bridgehead atoms. The van der Waals surface area contributed by atoms with Crippen LogP contribution in [0.4, 0.5) is 0 Å². The standard InChI is InChI=1S/C20H26O2/c1-13(2)18-11-16(5-6-20(18)22)12-19-14(3)9-17(7-8-21)10-15(19)4/h5-6,9-11,13,21-22H,7-8,12H2,1-4H3. The second-order valence-electron chi connectivity index (χ2n) is 6.41. The largest absolute Gasteiger partial charge is 0.508 e. The van der Waals surface area contributed by atoms with Gasteiger partial charge in [-0.1, -0.05) is 38.1 Å². The molecular formula is C20H26O2. The topological polar surface area (TPSA) is 40.5 Å². The summed E-state index contributed by atoms with van der Waals surface area (Å²) in [5.41, 5.74) is 7.29. The zero-order valence-corrected chi connectivity index (χ0v) is 14.0. The van der Waals surface area contributed by atoms with Crippen LogP contribution in [-0.2, 0) is 12.8 Å². The van der Waals surface area contributed by atoms with E-state index in [-0.39, 0.29) is 6.61 Å². The summed E-state index contributed by atoms with van der Waals surface area (Å²) in [4.78, 5) is 0. The van der Waals surface area contributed by atoms with Gasteiger partial charge in [-0.05, 0) is 72.1 Å². The summed E-state index contributed by atoms with van der Waals surface area (Å²) in [6.07, 6.45) is 1.58. The molecule has 0 atom stereocenters. The molecule has 0 amide bonds. The van der Waals surface area contributed by atoms with Crippen molar-refractivity contribution in [2.75, 3.05) is 6.61 Å². The summed E-state index contributed by atoms with van der Waals surface area (Å²) in [5.74, 6) is 0.694. The van der Waals surface area contributed by atoms with Gasteiger partial charge in [-0.25, -0.2) is 0 Å². The molecule has 0 heterocycles. The fraction of sp³-hybridized carbons (Fsp3) is 0.400. The Morgan fingerprint density at radius 1 is 0.955 bits per heavy atom. The monoisotopic (exact) mass is 298 g/mol. The lowest BCUT2D eigenvalue weighted by Crippen LogP contribution is -2.00. The maximum absolute atomic E-state index is 9.95. The van der Waals surface area contributed by atoms with Gasteiger partial charge in [0.05, 0.1) is 0 Å². The number of aromatic hydroxyl groups is 1. The number of phenols is 1. The van der Waals surface area contributed by atoms with Crippen LogP contribution in [0.15, 0.2) is 30.3 Å². The van der Waals surface area contributed by atoms with E-state index in [2.05, 4.69) is 45.9 Å². The lowest BCUT2D eigenvalue weighted by molar-refractivity contribution is 0.299. The number of hydrogen-bond acceptors (Lipinski definition) is 2. The molecule has 2 aromatic rings. The van der Waals surface area contributed by atoms with Crippen molar-refractivity contribution in [2.45, 2.75) is 46.5 Å². The fourth-order valence-electron chi connectivity index (χ4n) is 3.02. The molecule has 0 aliphatic heterocycles. The van der Waals surface area contributed by atoms with Crippen LogP contribution >= 0.6 is 0 Å². The average Bonchev–Trinajstić information content (AvgIpc) is 2.44. The van der Waals surface area contributed by atoms with Crippen LogP contribution in [0.25, 0.3) is 0 Å². The normalized spacial score (nSPS) is 11.2. The SMILES string of the molecule is Cc1cc(CCO)cc(C)c1Cc1ccc(O)c(C(C)C)c1. The van der Waals surface area contributed by atoms with Crippen molar-refractivity contribution in [2.24, 2.45) is 0 Å². The maximum Gasteiger partial charge on any atom is 0.119 e. The molecule has 2 N–H and O–H groups in total. The van der Waals surface area contributed by atoms with E-state index in [4.69, 9.17) is 5.11 Å².